The molecule has 1 amide bonds. The van der Waals surface area contributed by atoms with Gasteiger partial charge in [0.05, 0.1) is 23.8 Å². The molecule has 1 fully saturated rings. The molecule has 1 aliphatic rings. The maximum atomic E-state index is 12.8. The molecule has 27 heavy (non-hydrogen) atoms. The van der Waals surface area contributed by atoms with Crippen LogP contribution in [-0.4, -0.2) is 30.2 Å². The van der Waals surface area contributed by atoms with Crippen LogP contribution in [0.1, 0.15) is 42.5 Å². The molecule has 0 unspecified atom stereocenters. The van der Waals surface area contributed by atoms with E-state index in [0.29, 0.717) is 18.7 Å². The van der Waals surface area contributed by atoms with Gasteiger partial charge in [0.1, 0.15) is 6.61 Å². The molecule has 2 aromatic rings. The number of nitrogens with zero attached hydrogens (tertiary/aromatic N) is 2. The van der Waals surface area contributed by atoms with Crippen LogP contribution in [0.5, 0.6) is 0 Å². The van der Waals surface area contributed by atoms with E-state index in [2.05, 4.69) is 6.07 Å². The van der Waals surface area contributed by atoms with E-state index in [4.69, 9.17) is 14.7 Å². The third kappa shape index (κ3) is 4.87. The highest BCUT2D eigenvalue weighted by Crippen LogP contribution is 2.33. The number of rotatable bonds is 5. The Morgan fingerprint density at radius 1 is 1.19 bits per heavy atom. The Hall–Kier alpha value is -2.84. The smallest absolute Gasteiger partial charge is 0.410 e. The van der Waals surface area contributed by atoms with Crippen LogP contribution in [0.15, 0.2) is 54.6 Å². The second-order valence-corrected chi connectivity index (χ2v) is 6.58. The average Bonchev–Trinajstić information content (AvgIpc) is 2.73. The molecule has 2 aromatic carbocycles. The van der Waals surface area contributed by atoms with E-state index < -0.39 is 0 Å². The highest BCUT2D eigenvalue weighted by atomic mass is 16.6. The lowest BCUT2D eigenvalue weighted by Gasteiger charge is -2.38. The maximum Gasteiger partial charge on any atom is 0.410 e. The van der Waals surface area contributed by atoms with Gasteiger partial charge >= 0.3 is 6.09 Å². The van der Waals surface area contributed by atoms with Crippen LogP contribution in [0, 0.1) is 11.3 Å². The van der Waals surface area contributed by atoms with Gasteiger partial charge in [-0.15, -0.1) is 0 Å². The molecule has 1 saturated heterocycles. The number of nitriles is 1. The minimum atomic E-state index is -0.317. The maximum absolute atomic E-state index is 12.8. The van der Waals surface area contributed by atoms with Crippen molar-refractivity contribution in [2.45, 2.75) is 38.5 Å². The summed E-state index contributed by atoms with van der Waals surface area (Å²) in [5, 5.41) is 9.01. The molecule has 5 heteroatoms. The van der Waals surface area contributed by atoms with Gasteiger partial charge in [-0.05, 0) is 43.0 Å². The normalized spacial score (nSPS) is 19.3. The van der Waals surface area contributed by atoms with Crippen LogP contribution in [0.3, 0.4) is 0 Å². The quantitative estimate of drug-likeness (QED) is 0.787. The monoisotopic (exact) mass is 364 g/mol. The van der Waals surface area contributed by atoms with Crippen LogP contribution < -0.4 is 0 Å². The van der Waals surface area contributed by atoms with Crippen molar-refractivity contribution in [1.29, 1.82) is 5.26 Å². The summed E-state index contributed by atoms with van der Waals surface area (Å²) in [5.41, 5.74) is 2.56. The molecule has 1 aliphatic heterocycles. The molecular formula is C22H24N2O3. The highest BCUT2D eigenvalue weighted by molar-refractivity contribution is 5.68. The third-order valence-electron chi connectivity index (χ3n) is 4.82. The number of ether oxygens (including phenoxy) is 2. The van der Waals surface area contributed by atoms with Gasteiger partial charge in [-0.25, -0.2) is 4.79 Å². The third-order valence-corrected chi connectivity index (χ3v) is 4.82. The lowest BCUT2D eigenvalue weighted by Crippen LogP contribution is -2.43. The van der Waals surface area contributed by atoms with E-state index >= 15 is 0 Å². The Kier molecular flexibility index (Phi) is 6.45. The lowest BCUT2D eigenvalue weighted by atomic mass is 9.93. The molecule has 0 spiro atoms. The van der Waals surface area contributed by atoms with Crippen molar-refractivity contribution in [3.63, 3.8) is 0 Å². The number of carbonyl (C=O) groups excluding carboxylic acids is 1. The first kappa shape index (κ1) is 18.9. The highest BCUT2D eigenvalue weighted by Gasteiger charge is 2.34. The molecular weight excluding hydrogens is 340 g/mol. The molecule has 5 nitrogen and oxygen atoms in total. The Balaban J connectivity index is 1.73. The van der Waals surface area contributed by atoms with Gasteiger partial charge in [0, 0.05) is 13.2 Å². The van der Waals surface area contributed by atoms with Gasteiger partial charge in [-0.1, -0.05) is 42.5 Å². The van der Waals surface area contributed by atoms with Gasteiger partial charge in [-0.3, -0.25) is 0 Å². The van der Waals surface area contributed by atoms with E-state index in [1.54, 1.807) is 17.0 Å². The molecule has 0 aromatic heterocycles. The Morgan fingerprint density at radius 3 is 2.59 bits per heavy atom. The Labute approximate surface area is 160 Å². The summed E-state index contributed by atoms with van der Waals surface area (Å²) in [6.07, 6.45) is 1.32. The summed E-state index contributed by atoms with van der Waals surface area (Å²) in [6, 6.07) is 19.1. The van der Waals surface area contributed by atoms with E-state index in [0.717, 1.165) is 24.0 Å². The Bertz CT molecular complexity index is 783. The fraction of sp³-hybridized carbons (Fsp3) is 0.364. The SMILES string of the molecule is CCO[C@H]1CCN(C(=O)OCc2ccccc2)[C@H](c2ccc(C#N)cc2)C1. The van der Waals surface area contributed by atoms with E-state index in [-0.39, 0.29) is 24.8 Å². The first-order valence-corrected chi connectivity index (χ1v) is 9.30. The minimum Gasteiger partial charge on any atom is -0.445 e. The van der Waals surface area contributed by atoms with Gasteiger partial charge < -0.3 is 14.4 Å². The molecule has 0 N–H and O–H groups in total. The topological polar surface area (TPSA) is 62.6 Å². The molecule has 2 atom stereocenters. The predicted molar refractivity (Wildman–Crippen MR) is 102 cm³/mol. The average molecular weight is 364 g/mol. The van der Waals surface area contributed by atoms with Gasteiger partial charge in [0.25, 0.3) is 0 Å². The molecule has 0 radical (unpaired) electrons. The number of hydrogen-bond acceptors (Lipinski definition) is 4. The predicted octanol–water partition coefficient (Wildman–Crippen LogP) is 4.44. The molecule has 140 valence electrons. The molecule has 0 saturated carbocycles. The number of carbonyl (C=O) groups is 1. The zero-order valence-corrected chi connectivity index (χ0v) is 15.5. The molecule has 1 heterocycles. The fourth-order valence-corrected chi connectivity index (χ4v) is 3.44. The van der Waals surface area contributed by atoms with E-state index in [1.165, 1.54) is 0 Å². The summed E-state index contributed by atoms with van der Waals surface area (Å²) in [4.78, 5) is 14.5. The van der Waals surface area contributed by atoms with Crippen molar-refractivity contribution >= 4 is 6.09 Å². The first-order valence-electron chi connectivity index (χ1n) is 9.30. The number of likely N-dealkylation sites (tertiary alicyclic amines) is 1. The van der Waals surface area contributed by atoms with Gasteiger partial charge in [0.2, 0.25) is 0 Å². The Morgan fingerprint density at radius 2 is 1.93 bits per heavy atom. The zero-order valence-electron chi connectivity index (χ0n) is 15.5. The fourth-order valence-electron chi connectivity index (χ4n) is 3.44. The van der Waals surface area contributed by atoms with Crippen molar-refractivity contribution in [3.05, 3.63) is 71.3 Å². The number of piperidine rings is 1. The number of hydrogen-bond donors (Lipinski definition) is 0. The summed E-state index contributed by atoms with van der Waals surface area (Å²) in [7, 11) is 0. The summed E-state index contributed by atoms with van der Waals surface area (Å²) in [5.74, 6) is 0. The van der Waals surface area contributed by atoms with Crippen molar-refractivity contribution < 1.29 is 14.3 Å². The van der Waals surface area contributed by atoms with Crippen molar-refractivity contribution in [3.8, 4) is 6.07 Å². The summed E-state index contributed by atoms with van der Waals surface area (Å²) >= 11 is 0. The lowest BCUT2D eigenvalue weighted by molar-refractivity contribution is -0.0125. The van der Waals surface area contributed by atoms with Crippen LogP contribution in [0.4, 0.5) is 4.79 Å². The number of amides is 1. The van der Waals surface area contributed by atoms with Crippen LogP contribution in [0.2, 0.25) is 0 Å². The second-order valence-electron chi connectivity index (χ2n) is 6.58. The van der Waals surface area contributed by atoms with Gasteiger partial charge in [-0.2, -0.15) is 5.26 Å². The van der Waals surface area contributed by atoms with E-state index in [9.17, 15) is 4.79 Å². The van der Waals surface area contributed by atoms with E-state index in [1.807, 2.05) is 49.4 Å². The first-order chi connectivity index (χ1) is 13.2. The van der Waals surface area contributed by atoms with Gasteiger partial charge in [0.15, 0.2) is 0 Å². The van der Waals surface area contributed by atoms with Crippen LogP contribution >= 0.6 is 0 Å². The zero-order chi connectivity index (χ0) is 19.1. The molecule has 0 aliphatic carbocycles. The molecule has 3 rings (SSSR count). The van der Waals surface area contributed by atoms with Crippen LogP contribution in [-0.2, 0) is 16.1 Å². The van der Waals surface area contributed by atoms with Crippen molar-refractivity contribution in [1.82, 2.24) is 4.90 Å². The summed E-state index contributed by atoms with van der Waals surface area (Å²) < 4.78 is 11.4. The molecule has 0 bridgehead atoms. The van der Waals surface area contributed by atoms with Crippen molar-refractivity contribution in [2.24, 2.45) is 0 Å². The minimum absolute atomic E-state index is 0.119. The van der Waals surface area contributed by atoms with Crippen LogP contribution in [0.25, 0.3) is 0 Å². The number of benzene rings is 2. The largest absolute Gasteiger partial charge is 0.445 e. The second kappa shape index (κ2) is 9.20. The standard InChI is InChI=1S/C22H24N2O3/c1-2-26-20-12-13-24(22(25)27-16-18-6-4-3-5-7-18)21(14-20)19-10-8-17(15-23)9-11-19/h3-11,20-21H,2,12-14,16H2,1H3/t20-,21-/m0/s1. The van der Waals surface area contributed by atoms with Crippen molar-refractivity contribution in [2.75, 3.05) is 13.2 Å². The summed E-state index contributed by atoms with van der Waals surface area (Å²) in [6.45, 7) is 3.48.